The van der Waals surface area contributed by atoms with Crippen molar-refractivity contribution in [1.82, 2.24) is 0 Å². The minimum absolute atomic E-state index is 0.0309. The minimum atomic E-state index is -0.478. The normalized spacial score (nSPS) is 10.4. The number of aliphatic hydroxyl groups is 1. The molecule has 0 aliphatic carbocycles. The molecule has 0 saturated carbocycles. The summed E-state index contributed by atoms with van der Waals surface area (Å²) in [5, 5.41) is 11.7. The average Bonchev–Trinajstić information content (AvgIpc) is 2.25. The van der Waals surface area contributed by atoms with Crippen molar-refractivity contribution in [2.24, 2.45) is 0 Å². The maximum absolute atomic E-state index is 13.1. The highest BCUT2D eigenvalue weighted by Gasteiger charge is 2.05. The van der Waals surface area contributed by atoms with E-state index in [4.69, 9.17) is 22.4 Å². The Labute approximate surface area is 99.4 Å². The van der Waals surface area contributed by atoms with Gasteiger partial charge >= 0.3 is 0 Å². The van der Waals surface area contributed by atoms with Crippen molar-refractivity contribution in [2.45, 2.75) is 19.3 Å². The van der Waals surface area contributed by atoms with Crippen molar-refractivity contribution in [3.8, 4) is 0 Å². The third-order valence-electron chi connectivity index (χ3n) is 2.24. The number of anilines is 2. The van der Waals surface area contributed by atoms with E-state index in [9.17, 15) is 4.39 Å². The van der Waals surface area contributed by atoms with Gasteiger partial charge in [0.25, 0.3) is 0 Å². The lowest BCUT2D eigenvalue weighted by molar-refractivity contribution is 0.283. The summed E-state index contributed by atoms with van der Waals surface area (Å²) in [6.45, 7) is 0.906. The first-order valence-corrected chi connectivity index (χ1v) is 5.62. The summed E-state index contributed by atoms with van der Waals surface area (Å²) in [5.74, 6) is -0.478. The first-order valence-electron chi connectivity index (χ1n) is 5.24. The van der Waals surface area contributed by atoms with E-state index in [1.54, 1.807) is 0 Å². The van der Waals surface area contributed by atoms with Crippen molar-refractivity contribution in [1.29, 1.82) is 0 Å². The molecule has 1 aromatic rings. The highest BCUT2D eigenvalue weighted by Crippen LogP contribution is 2.25. The molecule has 0 fully saturated rings. The summed E-state index contributed by atoms with van der Waals surface area (Å²) < 4.78 is 13.1. The van der Waals surface area contributed by atoms with Gasteiger partial charge < -0.3 is 16.2 Å². The Morgan fingerprint density at radius 2 is 2.06 bits per heavy atom. The molecular formula is C11H16ClFN2O. The van der Waals surface area contributed by atoms with Crippen molar-refractivity contribution in [3.63, 3.8) is 0 Å². The molecular weight excluding hydrogens is 231 g/mol. The zero-order valence-corrected chi connectivity index (χ0v) is 9.73. The van der Waals surface area contributed by atoms with Crippen LogP contribution in [0.4, 0.5) is 15.8 Å². The van der Waals surface area contributed by atoms with Gasteiger partial charge in [0.05, 0.1) is 16.4 Å². The molecule has 0 radical (unpaired) electrons. The molecule has 3 nitrogen and oxygen atoms in total. The molecule has 0 aliphatic rings. The van der Waals surface area contributed by atoms with E-state index in [2.05, 4.69) is 5.32 Å². The number of halogens is 2. The number of benzene rings is 1. The van der Waals surface area contributed by atoms with Gasteiger partial charge in [-0.3, -0.25) is 0 Å². The van der Waals surface area contributed by atoms with Gasteiger partial charge in [-0.05, 0) is 25.3 Å². The Morgan fingerprint density at radius 1 is 1.31 bits per heavy atom. The molecule has 0 bridgehead atoms. The fraction of sp³-hybridized carbons (Fsp3) is 0.455. The van der Waals surface area contributed by atoms with Gasteiger partial charge in [-0.1, -0.05) is 11.6 Å². The molecule has 90 valence electrons. The van der Waals surface area contributed by atoms with Gasteiger partial charge in [-0.15, -0.1) is 0 Å². The van der Waals surface area contributed by atoms with Gasteiger partial charge in [0.15, 0.2) is 0 Å². The lowest BCUT2D eigenvalue weighted by Crippen LogP contribution is -2.05. The van der Waals surface area contributed by atoms with Crippen LogP contribution in [-0.4, -0.2) is 18.3 Å². The first kappa shape index (κ1) is 13.1. The number of nitrogens with two attached hydrogens (primary N) is 1. The predicted octanol–water partition coefficient (Wildman–Crippen LogP) is 2.64. The third-order valence-corrected chi connectivity index (χ3v) is 2.53. The van der Waals surface area contributed by atoms with Crippen LogP contribution in [0.3, 0.4) is 0 Å². The molecule has 1 aromatic carbocycles. The second-order valence-corrected chi connectivity index (χ2v) is 3.97. The number of unbranched alkanes of at least 4 members (excludes halogenated alkanes) is 2. The Bertz CT molecular complexity index is 347. The van der Waals surface area contributed by atoms with E-state index < -0.39 is 5.82 Å². The van der Waals surface area contributed by atoms with Crippen LogP contribution in [0.25, 0.3) is 0 Å². The minimum Gasteiger partial charge on any atom is -0.397 e. The van der Waals surface area contributed by atoms with Crippen LogP contribution in [0.1, 0.15) is 19.3 Å². The monoisotopic (exact) mass is 246 g/mol. The van der Waals surface area contributed by atoms with E-state index in [1.165, 1.54) is 12.1 Å². The van der Waals surface area contributed by atoms with E-state index >= 15 is 0 Å². The SMILES string of the molecule is Nc1cc(Cl)c(F)cc1NCCCCCO. The topological polar surface area (TPSA) is 58.3 Å². The van der Waals surface area contributed by atoms with Crippen molar-refractivity contribution < 1.29 is 9.50 Å². The molecule has 1 rings (SSSR count). The molecule has 0 aliphatic heterocycles. The van der Waals surface area contributed by atoms with Crippen LogP contribution in [0.2, 0.25) is 5.02 Å². The molecule has 4 N–H and O–H groups in total. The molecule has 16 heavy (non-hydrogen) atoms. The number of hydrogen-bond acceptors (Lipinski definition) is 3. The highest BCUT2D eigenvalue weighted by atomic mass is 35.5. The van der Waals surface area contributed by atoms with Gasteiger partial charge in [0.2, 0.25) is 0 Å². The van der Waals surface area contributed by atoms with Crippen LogP contribution >= 0.6 is 11.6 Å². The van der Waals surface area contributed by atoms with E-state index in [0.29, 0.717) is 17.9 Å². The Kier molecular flexibility index (Phi) is 5.35. The lowest BCUT2D eigenvalue weighted by Gasteiger charge is -2.09. The molecule has 0 amide bonds. The smallest absolute Gasteiger partial charge is 0.143 e. The summed E-state index contributed by atoms with van der Waals surface area (Å²) in [6.07, 6.45) is 2.62. The number of rotatable bonds is 6. The van der Waals surface area contributed by atoms with Gasteiger partial charge in [0.1, 0.15) is 5.82 Å². The maximum atomic E-state index is 13.1. The summed E-state index contributed by atoms with van der Waals surface area (Å²) in [7, 11) is 0. The quantitative estimate of drug-likeness (QED) is 0.534. The summed E-state index contributed by atoms with van der Waals surface area (Å²) >= 11 is 5.58. The Balaban J connectivity index is 2.45. The van der Waals surface area contributed by atoms with Gasteiger partial charge in [-0.25, -0.2) is 4.39 Å². The summed E-state index contributed by atoms with van der Waals surface area (Å²) in [4.78, 5) is 0. The average molecular weight is 247 g/mol. The highest BCUT2D eigenvalue weighted by molar-refractivity contribution is 6.31. The van der Waals surface area contributed by atoms with Crippen LogP contribution in [0.5, 0.6) is 0 Å². The number of aliphatic hydroxyl groups excluding tert-OH is 1. The molecule has 0 heterocycles. The lowest BCUT2D eigenvalue weighted by atomic mass is 10.2. The summed E-state index contributed by atoms with van der Waals surface area (Å²) in [5.41, 5.74) is 6.68. The molecule has 0 unspecified atom stereocenters. The van der Waals surface area contributed by atoms with E-state index in [1.807, 2.05) is 0 Å². The Morgan fingerprint density at radius 3 is 2.75 bits per heavy atom. The first-order chi connectivity index (χ1) is 7.65. The molecule has 0 saturated heterocycles. The van der Waals surface area contributed by atoms with Crippen molar-refractivity contribution >= 4 is 23.0 Å². The van der Waals surface area contributed by atoms with Crippen LogP contribution in [0.15, 0.2) is 12.1 Å². The zero-order chi connectivity index (χ0) is 12.0. The van der Waals surface area contributed by atoms with Gasteiger partial charge in [-0.2, -0.15) is 0 Å². The Hall–Kier alpha value is -1.00. The molecule has 0 aromatic heterocycles. The van der Waals surface area contributed by atoms with Crippen molar-refractivity contribution in [2.75, 3.05) is 24.2 Å². The van der Waals surface area contributed by atoms with Crippen LogP contribution in [-0.2, 0) is 0 Å². The fourth-order valence-corrected chi connectivity index (χ4v) is 1.52. The zero-order valence-electron chi connectivity index (χ0n) is 8.97. The van der Waals surface area contributed by atoms with Crippen LogP contribution < -0.4 is 11.1 Å². The van der Waals surface area contributed by atoms with E-state index in [0.717, 1.165) is 19.3 Å². The predicted molar refractivity (Wildman–Crippen MR) is 65.2 cm³/mol. The second kappa shape index (κ2) is 6.55. The molecule has 0 spiro atoms. The third kappa shape index (κ3) is 3.87. The molecule has 5 heteroatoms. The maximum Gasteiger partial charge on any atom is 0.143 e. The standard InChI is InChI=1S/C11H16ClFN2O/c12-8-6-10(14)11(7-9(8)13)15-4-2-1-3-5-16/h6-7,15-16H,1-5,14H2. The van der Waals surface area contributed by atoms with Crippen LogP contribution in [0, 0.1) is 5.82 Å². The fourth-order valence-electron chi connectivity index (χ4n) is 1.35. The number of nitrogen functional groups attached to an aromatic ring is 1. The number of nitrogens with one attached hydrogen (secondary N) is 1. The largest absolute Gasteiger partial charge is 0.397 e. The van der Waals surface area contributed by atoms with Crippen molar-refractivity contribution in [3.05, 3.63) is 23.0 Å². The second-order valence-electron chi connectivity index (χ2n) is 3.56. The summed E-state index contributed by atoms with van der Waals surface area (Å²) in [6, 6.07) is 2.69. The van der Waals surface area contributed by atoms with Gasteiger partial charge in [0, 0.05) is 19.2 Å². The molecule has 0 atom stereocenters. The van der Waals surface area contributed by atoms with E-state index in [-0.39, 0.29) is 11.6 Å². The number of hydrogen-bond donors (Lipinski definition) is 3.